The van der Waals surface area contributed by atoms with Gasteiger partial charge in [0.05, 0.1) is 13.2 Å². The van der Waals surface area contributed by atoms with Crippen LogP contribution in [0.1, 0.15) is 18.9 Å². The van der Waals surface area contributed by atoms with Crippen molar-refractivity contribution in [2.45, 2.75) is 31.2 Å². The van der Waals surface area contributed by atoms with Crippen molar-refractivity contribution < 1.29 is 23.2 Å². The highest BCUT2D eigenvalue weighted by Gasteiger charge is 2.43. The Morgan fingerprint density at radius 3 is 2.39 bits per heavy atom. The maximum atomic E-state index is 13.1. The van der Waals surface area contributed by atoms with Gasteiger partial charge >= 0.3 is 0 Å². The fraction of sp³-hybridized carbons (Fsp3) is 0.385. The first kappa shape index (κ1) is 26.0. The maximum Gasteiger partial charge on any atom is 0.264 e. The van der Waals surface area contributed by atoms with E-state index in [1.54, 1.807) is 18.3 Å². The number of carbonyl (C=O) groups is 1. The lowest BCUT2D eigenvalue weighted by molar-refractivity contribution is -0.131. The molecule has 1 fully saturated rings. The third-order valence-corrected chi connectivity index (χ3v) is 9.03. The molecule has 1 aliphatic heterocycles. The Labute approximate surface area is 210 Å². The van der Waals surface area contributed by atoms with Crippen molar-refractivity contribution in [1.82, 2.24) is 14.9 Å². The number of ether oxygens (including phenoxy) is 1. The van der Waals surface area contributed by atoms with Crippen molar-refractivity contribution in [2.24, 2.45) is 0 Å². The molecule has 9 nitrogen and oxygen atoms in total. The Bertz CT molecular complexity index is 1410. The number of sulfone groups is 1. The van der Waals surface area contributed by atoms with Gasteiger partial charge in [-0.05, 0) is 53.6 Å². The molecule has 36 heavy (non-hydrogen) atoms. The van der Waals surface area contributed by atoms with Gasteiger partial charge in [0.1, 0.15) is 0 Å². The van der Waals surface area contributed by atoms with Gasteiger partial charge in [-0.1, -0.05) is 30.3 Å². The fourth-order valence-corrected chi connectivity index (χ4v) is 5.23. The largest absolute Gasteiger partial charge is 0.379 e. The van der Waals surface area contributed by atoms with Crippen molar-refractivity contribution in [1.29, 1.82) is 0 Å². The highest BCUT2D eigenvalue weighted by atomic mass is 32.2. The third-order valence-electron chi connectivity index (χ3n) is 7.00. The lowest BCUT2D eigenvalue weighted by Crippen LogP contribution is -2.49. The molecule has 1 saturated heterocycles. The Hall–Kier alpha value is -3.05. The predicted molar refractivity (Wildman–Crippen MR) is 138 cm³/mol. The Kier molecular flexibility index (Phi) is 7.60. The average Bonchev–Trinajstić information content (AvgIpc) is 2.88. The van der Waals surface area contributed by atoms with Crippen LogP contribution in [0.3, 0.4) is 0 Å². The van der Waals surface area contributed by atoms with Gasteiger partial charge in [0.2, 0.25) is 0 Å². The van der Waals surface area contributed by atoms with Gasteiger partial charge in [-0.25, -0.2) is 13.9 Å². The molecule has 0 aliphatic carbocycles. The predicted octanol–water partition coefficient (Wildman–Crippen LogP) is 2.20. The fourth-order valence-electron chi connectivity index (χ4n) is 4.38. The molecule has 1 aromatic heterocycles. The summed E-state index contributed by atoms with van der Waals surface area (Å²) in [5, 5.41) is 10.3. The molecule has 0 unspecified atom stereocenters. The molecule has 0 bridgehead atoms. The van der Waals surface area contributed by atoms with Crippen LogP contribution in [0.2, 0.25) is 0 Å². The number of fused-ring (bicyclic) bond motifs is 1. The second-order valence-corrected chi connectivity index (χ2v) is 11.8. The zero-order valence-corrected chi connectivity index (χ0v) is 21.3. The number of nitrogens with one attached hydrogen (secondary N) is 1. The summed E-state index contributed by atoms with van der Waals surface area (Å²) in [6, 6.07) is 15.8. The first-order chi connectivity index (χ1) is 17.1. The smallest absolute Gasteiger partial charge is 0.264 e. The molecule has 1 aliphatic rings. The molecule has 0 spiro atoms. The number of rotatable bonds is 8. The number of benzene rings is 2. The molecule has 192 valence electrons. The molecule has 0 radical (unpaired) electrons. The van der Waals surface area contributed by atoms with Crippen LogP contribution in [0, 0.1) is 0 Å². The summed E-state index contributed by atoms with van der Waals surface area (Å²) < 4.78 is 29.3. The first-order valence-electron chi connectivity index (χ1n) is 11.8. The number of pyridine rings is 1. The van der Waals surface area contributed by atoms with Crippen molar-refractivity contribution in [3.8, 4) is 11.1 Å². The molecule has 2 heterocycles. The van der Waals surface area contributed by atoms with E-state index in [9.17, 15) is 18.0 Å². The molecule has 1 atom stereocenters. The summed E-state index contributed by atoms with van der Waals surface area (Å²) in [5.41, 5.74) is 4.42. The minimum Gasteiger partial charge on any atom is -0.379 e. The van der Waals surface area contributed by atoms with E-state index in [0.29, 0.717) is 5.39 Å². The van der Waals surface area contributed by atoms with Gasteiger partial charge in [0.25, 0.3) is 11.5 Å². The van der Waals surface area contributed by atoms with Gasteiger partial charge in [0.15, 0.2) is 14.6 Å². The Balaban J connectivity index is 1.53. The van der Waals surface area contributed by atoms with Crippen LogP contribution >= 0.6 is 0 Å². The third kappa shape index (κ3) is 5.36. The van der Waals surface area contributed by atoms with E-state index in [4.69, 9.17) is 9.94 Å². The number of carbonyl (C=O) groups excluding carboxylic acids is 1. The van der Waals surface area contributed by atoms with E-state index in [2.05, 4.69) is 29.2 Å². The molecular weight excluding hydrogens is 482 g/mol. The summed E-state index contributed by atoms with van der Waals surface area (Å²) in [6.45, 7) is 5.53. The number of aromatic nitrogens is 1. The second-order valence-electron chi connectivity index (χ2n) is 9.40. The first-order valence-corrected chi connectivity index (χ1v) is 13.7. The highest BCUT2D eigenvalue weighted by molar-refractivity contribution is 7.92. The lowest BCUT2D eigenvalue weighted by Gasteiger charge is -2.26. The average molecular weight is 514 g/mol. The number of nitrogens with zero attached hydrogens (tertiary/aromatic N) is 2. The summed E-state index contributed by atoms with van der Waals surface area (Å²) in [4.78, 5) is 27.5. The van der Waals surface area contributed by atoms with Gasteiger partial charge in [-0.2, -0.15) is 0 Å². The quantitative estimate of drug-likeness (QED) is 0.350. The summed E-state index contributed by atoms with van der Waals surface area (Å²) in [6.07, 6.45) is 2.36. The van der Waals surface area contributed by atoms with E-state index in [0.717, 1.165) is 55.6 Å². The topological polar surface area (TPSA) is 118 Å². The number of hydrogen-bond donors (Lipinski definition) is 2. The number of aryl methyl sites for hydroxylation is 1. The van der Waals surface area contributed by atoms with E-state index in [-0.39, 0.29) is 18.5 Å². The van der Waals surface area contributed by atoms with Gasteiger partial charge in [-0.15, -0.1) is 0 Å². The molecule has 4 rings (SSSR count). The highest BCUT2D eigenvalue weighted by Crippen LogP contribution is 2.25. The SMILES string of the molecule is C[C@@](CCn1ccc2cc(-c3ccc(CN4CCOCC4)cc3)ccc2c1=O)(C(=O)NO)S(C)(=O)=O. The normalized spacial score (nSPS) is 16.5. The van der Waals surface area contributed by atoms with Crippen LogP contribution in [0.5, 0.6) is 0 Å². The molecule has 2 aromatic carbocycles. The second kappa shape index (κ2) is 10.5. The molecule has 2 N–H and O–H groups in total. The molecule has 3 aromatic rings. The van der Waals surface area contributed by atoms with Gasteiger partial charge in [0, 0.05) is 44.0 Å². The van der Waals surface area contributed by atoms with Crippen LogP contribution in [0.15, 0.2) is 59.5 Å². The van der Waals surface area contributed by atoms with E-state index in [1.807, 2.05) is 12.1 Å². The van der Waals surface area contributed by atoms with Crippen molar-refractivity contribution in [3.63, 3.8) is 0 Å². The lowest BCUT2D eigenvalue weighted by atomic mass is 10.0. The maximum absolute atomic E-state index is 13.1. The van der Waals surface area contributed by atoms with Crippen LogP contribution in [-0.2, 0) is 32.5 Å². The van der Waals surface area contributed by atoms with E-state index >= 15 is 0 Å². The molecule has 0 saturated carbocycles. The number of morpholine rings is 1. The zero-order valence-electron chi connectivity index (χ0n) is 20.4. The standard InChI is InChI=1S/C26H31N3O6S/c1-26(25(31)27-32,36(2,33)34)10-12-29-11-9-22-17-21(7-8-23(22)24(29)30)20-5-3-19(4-6-20)18-28-13-15-35-16-14-28/h3-9,11,17,32H,10,12-16,18H2,1-2H3,(H,27,31)/t26-/m1/s1. The molecule has 1 amide bonds. The molecule has 10 heteroatoms. The van der Waals surface area contributed by atoms with Crippen LogP contribution < -0.4 is 11.0 Å². The number of hydroxylamine groups is 1. The monoisotopic (exact) mass is 513 g/mol. The van der Waals surface area contributed by atoms with Crippen molar-refractivity contribution >= 4 is 26.5 Å². The van der Waals surface area contributed by atoms with Crippen LogP contribution in [0.4, 0.5) is 0 Å². The van der Waals surface area contributed by atoms with Gasteiger partial charge in [-0.3, -0.25) is 19.7 Å². The van der Waals surface area contributed by atoms with Crippen LogP contribution in [-0.4, -0.2) is 66.3 Å². The summed E-state index contributed by atoms with van der Waals surface area (Å²) in [5.74, 6) is -1.03. The van der Waals surface area contributed by atoms with Crippen molar-refractivity contribution in [3.05, 3.63) is 70.6 Å². The minimum atomic E-state index is -3.84. The summed E-state index contributed by atoms with van der Waals surface area (Å²) in [7, 11) is -3.84. The zero-order chi connectivity index (χ0) is 25.9. The minimum absolute atomic E-state index is 0.00187. The van der Waals surface area contributed by atoms with Crippen molar-refractivity contribution in [2.75, 3.05) is 32.6 Å². The number of hydrogen-bond acceptors (Lipinski definition) is 7. The molecular formula is C26H31N3O6S. The van der Waals surface area contributed by atoms with Gasteiger partial charge < -0.3 is 9.30 Å². The van der Waals surface area contributed by atoms with Crippen LogP contribution in [0.25, 0.3) is 21.9 Å². The Morgan fingerprint density at radius 1 is 1.08 bits per heavy atom. The van der Waals surface area contributed by atoms with E-state index in [1.165, 1.54) is 22.5 Å². The Morgan fingerprint density at radius 2 is 1.75 bits per heavy atom. The number of amides is 1. The summed E-state index contributed by atoms with van der Waals surface area (Å²) >= 11 is 0. The van der Waals surface area contributed by atoms with E-state index < -0.39 is 20.5 Å².